The third kappa shape index (κ3) is 3.28. The van der Waals surface area contributed by atoms with Gasteiger partial charge in [0, 0.05) is 13.1 Å². The molecule has 0 spiro atoms. The molecule has 0 aromatic heterocycles. The number of carboxylic acids is 1. The van der Waals surface area contributed by atoms with Crippen LogP contribution in [0.5, 0.6) is 0 Å². The maximum atomic E-state index is 12.1. The maximum absolute atomic E-state index is 12.1. The fourth-order valence-corrected chi connectivity index (χ4v) is 3.88. The zero-order valence-electron chi connectivity index (χ0n) is 11.2. The Balaban J connectivity index is 2.00. The van der Waals surface area contributed by atoms with Crippen LogP contribution in [0.1, 0.15) is 13.3 Å². The molecule has 1 amide bonds. The first-order valence-electron chi connectivity index (χ1n) is 6.43. The molecule has 8 nitrogen and oxygen atoms in total. The Hall–Kier alpha value is -1.19. The third-order valence-electron chi connectivity index (χ3n) is 3.40. The quantitative estimate of drug-likeness (QED) is 0.696. The third-order valence-corrected chi connectivity index (χ3v) is 5.31. The summed E-state index contributed by atoms with van der Waals surface area (Å²) in [4.78, 5) is 24.4. The van der Waals surface area contributed by atoms with Crippen LogP contribution in [0.3, 0.4) is 0 Å². The van der Waals surface area contributed by atoms with Crippen molar-refractivity contribution in [2.24, 2.45) is 0 Å². The summed E-state index contributed by atoms with van der Waals surface area (Å²) < 4.78 is 29.7. The van der Waals surface area contributed by atoms with Crippen molar-refractivity contribution in [2.45, 2.75) is 25.6 Å². The summed E-state index contributed by atoms with van der Waals surface area (Å²) in [6, 6.07) is 0. The monoisotopic (exact) mass is 306 g/mol. The standard InChI is InChI=1S/C11H18N2O6S/c1-8-5-12(6-9(19-8)11(15)16)10(14)7-13-3-2-4-20(13,17)18/h8-9H,2-7H2,1H3,(H,15,16)/t8-,9?/m1/s1. The zero-order chi connectivity index (χ0) is 14.9. The lowest BCUT2D eigenvalue weighted by Gasteiger charge is -2.35. The Morgan fingerprint density at radius 3 is 2.60 bits per heavy atom. The van der Waals surface area contributed by atoms with Gasteiger partial charge < -0.3 is 14.7 Å². The largest absolute Gasteiger partial charge is 0.479 e. The van der Waals surface area contributed by atoms with E-state index in [2.05, 4.69) is 0 Å². The van der Waals surface area contributed by atoms with Crippen LogP contribution in [0.2, 0.25) is 0 Å². The molecular formula is C11H18N2O6S. The van der Waals surface area contributed by atoms with Crippen molar-refractivity contribution in [3.63, 3.8) is 0 Å². The summed E-state index contributed by atoms with van der Waals surface area (Å²) in [6.45, 7) is 2.03. The molecule has 0 radical (unpaired) electrons. The molecule has 2 rings (SSSR count). The van der Waals surface area contributed by atoms with Crippen molar-refractivity contribution in [2.75, 3.05) is 31.9 Å². The fourth-order valence-electron chi connectivity index (χ4n) is 2.41. The second-order valence-corrected chi connectivity index (χ2v) is 7.16. The Kier molecular flexibility index (Phi) is 4.31. The van der Waals surface area contributed by atoms with Gasteiger partial charge in [0.2, 0.25) is 15.9 Å². The number of amides is 1. The number of ether oxygens (including phenoxy) is 1. The highest BCUT2D eigenvalue weighted by atomic mass is 32.2. The smallest absolute Gasteiger partial charge is 0.334 e. The molecule has 0 aromatic rings. The predicted molar refractivity (Wildman–Crippen MR) is 68.5 cm³/mol. The zero-order valence-corrected chi connectivity index (χ0v) is 12.0. The van der Waals surface area contributed by atoms with Gasteiger partial charge in [-0.2, -0.15) is 4.31 Å². The average Bonchev–Trinajstić information content (AvgIpc) is 2.68. The van der Waals surface area contributed by atoms with Crippen LogP contribution in [-0.4, -0.2) is 78.7 Å². The summed E-state index contributed by atoms with van der Waals surface area (Å²) >= 11 is 0. The molecule has 2 saturated heterocycles. The molecule has 1 unspecified atom stereocenters. The van der Waals surface area contributed by atoms with E-state index in [1.165, 1.54) is 4.90 Å². The topological polar surface area (TPSA) is 104 Å². The molecule has 2 atom stereocenters. The van der Waals surface area contributed by atoms with Crippen molar-refractivity contribution in [3.8, 4) is 0 Å². The van der Waals surface area contributed by atoms with Gasteiger partial charge in [-0.1, -0.05) is 0 Å². The minimum absolute atomic E-state index is 0.0492. The van der Waals surface area contributed by atoms with Crippen LogP contribution in [0.4, 0.5) is 0 Å². The molecule has 2 heterocycles. The molecule has 9 heteroatoms. The van der Waals surface area contributed by atoms with Crippen LogP contribution in [0.15, 0.2) is 0 Å². The van der Waals surface area contributed by atoms with Crippen molar-refractivity contribution >= 4 is 21.9 Å². The number of rotatable bonds is 3. The van der Waals surface area contributed by atoms with E-state index in [1.807, 2.05) is 0 Å². The average molecular weight is 306 g/mol. The Bertz CT molecular complexity index is 505. The first-order valence-corrected chi connectivity index (χ1v) is 8.04. The number of carboxylic acid groups (broad SMARTS) is 1. The van der Waals surface area contributed by atoms with Crippen molar-refractivity contribution in [1.29, 1.82) is 0 Å². The van der Waals surface area contributed by atoms with E-state index >= 15 is 0 Å². The summed E-state index contributed by atoms with van der Waals surface area (Å²) in [6.07, 6.45) is -0.922. The van der Waals surface area contributed by atoms with Gasteiger partial charge in [-0.25, -0.2) is 13.2 Å². The molecule has 2 aliphatic rings. The molecule has 1 N–H and O–H groups in total. The van der Waals surface area contributed by atoms with Crippen LogP contribution in [0, 0.1) is 0 Å². The van der Waals surface area contributed by atoms with Gasteiger partial charge in [-0.15, -0.1) is 0 Å². The Labute approximate surface area is 117 Å². The first-order chi connectivity index (χ1) is 9.29. The highest BCUT2D eigenvalue weighted by Gasteiger charge is 2.35. The van der Waals surface area contributed by atoms with E-state index in [9.17, 15) is 18.0 Å². The predicted octanol–water partition coefficient (Wildman–Crippen LogP) is -1.28. The van der Waals surface area contributed by atoms with Crippen LogP contribution < -0.4 is 0 Å². The summed E-state index contributed by atoms with van der Waals surface area (Å²) in [7, 11) is -3.33. The molecule has 20 heavy (non-hydrogen) atoms. The van der Waals surface area contributed by atoms with E-state index in [4.69, 9.17) is 9.84 Å². The van der Waals surface area contributed by atoms with Crippen molar-refractivity contribution in [1.82, 2.24) is 9.21 Å². The molecule has 0 bridgehead atoms. The Morgan fingerprint density at radius 1 is 1.35 bits per heavy atom. The summed E-state index contributed by atoms with van der Waals surface area (Å²) in [5.74, 6) is -1.43. The fraction of sp³-hybridized carbons (Fsp3) is 0.818. The maximum Gasteiger partial charge on any atom is 0.334 e. The molecule has 2 aliphatic heterocycles. The number of aliphatic carboxylic acids is 1. The Morgan fingerprint density at radius 2 is 2.05 bits per heavy atom. The molecule has 0 aromatic carbocycles. The van der Waals surface area contributed by atoms with Crippen LogP contribution >= 0.6 is 0 Å². The molecular weight excluding hydrogens is 288 g/mol. The van der Waals surface area contributed by atoms with Gasteiger partial charge in [0.1, 0.15) is 0 Å². The van der Waals surface area contributed by atoms with Gasteiger partial charge in [0.25, 0.3) is 0 Å². The van der Waals surface area contributed by atoms with Crippen LogP contribution in [0.25, 0.3) is 0 Å². The molecule has 0 saturated carbocycles. The van der Waals surface area contributed by atoms with Crippen molar-refractivity contribution < 1.29 is 27.9 Å². The minimum atomic E-state index is -3.33. The number of hydrogen-bond donors (Lipinski definition) is 1. The second kappa shape index (κ2) is 5.66. The SMILES string of the molecule is C[C@@H]1CN(C(=O)CN2CCCS2(=O)=O)CC(C(=O)O)O1. The summed E-state index contributed by atoms with van der Waals surface area (Å²) in [5.41, 5.74) is 0. The van der Waals surface area contributed by atoms with E-state index < -0.39 is 22.1 Å². The number of nitrogens with zero attached hydrogens (tertiary/aromatic N) is 2. The highest BCUT2D eigenvalue weighted by molar-refractivity contribution is 7.89. The number of sulfonamides is 1. The van der Waals surface area contributed by atoms with Crippen LogP contribution in [-0.2, 0) is 24.3 Å². The van der Waals surface area contributed by atoms with E-state index in [-0.39, 0.29) is 37.4 Å². The second-order valence-electron chi connectivity index (χ2n) is 5.08. The number of hydrogen-bond acceptors (Lipinski definition) is 5. The molecule has 2 fully saturated rings. The summed E-state index contributed by atoms with van der Waals surface area (Å²) in [5, 5.41) is 8.95. The molecule has 114 valence electrons. The normalized spacial score (nSPS) is 30.4. The van der Waals surface area contributed by atoms with Gasteiger partial charge in [-0.3, -0.25) is 4.79 Å². The number of morpholine rings is 1. The lowest BCUT2D eigenvalue weighted by molar-refractivity contribution is -0.166. The molecule has 0 aliphatic carbocycles. The van der Waals surface area contributed by atoms with Gasteiger partial charge in [0.05, 0.1) is 24.9 Å². The lowest BCUT2D eigenvalue weighted by Crippen LogP contribution is -2.53. The highest BCUT2D eigenvalue weighted by Crippen LogP contribution is 2.16. The number of carbonyl (C=O) groups is 2. The minimum Gasteiger partial charge on any atom is -0.479 e. The van der Waals surface area contributed by atoms with E-state index in [1.54, 1.807) is 6.92 Å². The lowest BCUT2D eigenvalue weighted by atomic mass is 10.2. The van der Waals surface area contributed by atoms with E-state index in [0.717, 1.165) is 4.31 Å². The van der Waals surface area contributed by atoms with Gasteiger partial charge in [-0.05, 0) is 13.3 Å². The number of carbonyl (C=O) groups excluding carboxylic acids is 1. The van der Waals surface area contributed by atoms with Gasteiger partial charge in [0.15, 0.2) is 6.10 Å². The van der Waals surface area contributed by atoms with Crippen molar-refractivity contribution in [3.05, 3.63) is 0 Å². The van der Waals surface area contributed by atoms with E-state index in [0.29, 0.717) is 13.0 Å². The van der Waals surface area contributed by atoms with Gasteiger partial charge >= 0.3 is 5.97 Å². The first kappa shape index (κ1) is 15.2.